The number of unbranched alkanes of at least 4 members (excludes halogenated alkanes) is 6. The van der Waals surface area contributed by atoms with Gasteiger partial charge in [0.25, 0.3) is 11.8 Å². The number of aromatic nitrogens is 2. The van der Waals surface area contributed by atoms with Crippen molar-refractivity contribution < 1.29 is 23.6 Å². The number of nitrogen functional groups attached to an aromatic ring is 2. The molecule has 0 radical (unpaired) electrons. The summed E-state index contributed by atoms with van der Waals surface area (Å²) in [5.41, 5.74) is 30.2. The van der Waals surface area contributed by atoms with Gasteiger partial charge in [0.2, 0.25) is 16.7 Å². The first-order valence-electron chi connectivity index (χ1n) is 27.4. The van der Waals surface area contributed by atoms with Gasteiger partial charge >= 0.3 is 0 Å². The van der Waals surface area contributed by atoms with E-state index in [1.807, 2.05) is 117 Å². The molecule has 396 valence electrons. The number of ether oxygens (including phenoxy) is 2. The average Bonchev–Trinajstić information content (AvgIpc) is 3.60. The van der Waals surface area contributed by atoms with Gasteiger partial charge in [0.05, 0.1) is 42.4 Å². The van der Waals surface area contributed by atoms with Gasteiger partial charge < -0.3 is 36.5 Å². The molecule has 1 aromatic heterocycles. The second-order valence-electron chi connectivity index (χ2n) is 20.5. The van der Waals surface area contributed by atoms with Crippen molar-refractivity contribution in [3.8, 4) is 22.6 Å². The minimum Gasteiger partial charge on any atom is -0.494 e. The summed E-state index contributed by atoms with van der Waals surface area (Å²) >= 11 is 0. The van der Waals surface area contributed by atoms with E-state index in [2.05, 4.69) is 88.6 Å². The number of amides is 2. The number of hydrogen-bond donors (Lipinski definition) is 4. The number of para-hydroxylation sites is 2. The third-order valence-electron chi connectivity index (χ3n) is 14.8. The first kappa shape index (κ1) is 52.7. The molecule has 78 heavy (non-hydrogen) atoms. The Labute approximate surface area is 457 Å². The molecule has 6 N–H and O–H groups in total. The molecule has 1 aliphatic heterocycles. The largest absolute Gasteiger partial charge is 0.494 e. The van der Waals surface area contributed by atoms with Gasteiger partial charge in [-0.25, -0.2) is 9.98 Å². The number of hydrogen-bond acceptors (Lipinski definition) is 9. The number of carbonyl (C=O) groups excluding carboxylic acids is 2. The maximum absolute atomic E-state index is 13.0. The Morgan fingerprint density at radius 3 is 1.76 bits per heavy atom. The Morgan fingerprint density at radius 1 is 0.590 bits per heavy atom. The van der Waals surface area contributed by atoms with E-state index in [-0.39, 0.29) is 17.9 Å². The summed E-state index contributed by atoms with van der Waals surface area (Å²) < 4.78 is 14.9. The van der Waals surface area contributed by atoms with E-state index < -0.39 is 0 Å². The number of allylic oxidation sites excluding steroid dienone is 1. The van der Waals surface area contributed by atoms with Crippen LogP contribution in [0, 0.1) is 20.8 Å². The van der Waals surface area contributed by atoms with E-state index in [1.165, 1.54) is 0 Å². The quantitative estimate of drug-likeness (QED) is 0.0239. The zero-order valence-electron chi connectivity index (χ0n) is 45.2. The monoisotopic (exact) mass is 1040 g/mol. The molecule has 0 fully saturated rings. The molecule has 0 spiro atoms. The summed E-state index contributed by atoms with van der Waals surface area (Å²) in [6.45, 7) is 10.6. The standard InChI is InChI=1S/C66H68N8O4/c1-43-35-55-59(39-53(43)67)73(51-19-11-9-12-20-51)61-41-63(45(3)37-57(61)71-55)77-33-17-7-5-15-31-69-65(75)49-27-23-47(24-28-49)48-25-29-50(30-26-48)66(76)70-32-16-6-8-18-34-78-64-42-62-58(38-46(64)4)72-56-36-44(2)54(68)40-60(56)74(62)52-21-13-10-14-22-52/h9-14,19-30,35-42,61,68H,5-8,15-18,31-34,67H2,1-4H3,(H2,69,70,75,76)/p+1. The summed E-state index contributed by atoms with van der Waals surface area (Å²) in [7, 11) is 0. The molecule has 12 heteroatoms. The van der Waals surface area contributed by atoms with Crippen molar-refractivity contribution >= 4 is 68.0 Å². The van der Waals surface area contributed by atoms with Crippen LogP contribution < -0.4 is 36.3 Å². The molecule has 1 aliphatic carbocycles. The summed E-state index contributed by atoms with van der Waals surface area (Å²) in [5, 5.41) is 6.15. The maximum atomic E-state index is 13.0. The molecule has 12 nitrogen and oxygen atoms in total. The summed E-state index contributed by atoms with van der Waals surface area (Å²) in [6.07, 6.45) is 11.8. The van der Waals surface area contributed by atoms with Crippen LogP contribution in [0.25, 0.3) is 38.9 Å². The number of aryl methyl sites for hydroxylation is 3. The lowest BCUT2D eigenvalue weighted by molar-refractivity contribution is -0.538. The fourth-order valence-electron chi connectivity index (χ4n) is 10.3. The van der Waals surface area contributed by atoms with Crippen molar-refractivity contribution in [3.63, 3.8) is 0 Å². The van der Waals surface area contributed by atoms with Crippen molar-refractivity contribution in [2.45, 2.75) is 85.1 Å². The van der Waals surface area contributed by atoms with Gasteiger partial charge in [-0.3, -0.25) is 9.59 Å². The maximum Gasteiger partial charge on any atom is 0.251 e. The highest BCUT2D eigenvalue weighted by Gasteiger charge is 2.33. The van der Waals surface area contributed by atoms with Crippen molar-refractivity contribution in [3.05, 3.63) is 197 Å². The fourth-order valence-corrected chi connectivity index (χ4v) is 10.3. The van der Waals surface area contributed by atoms with Crippen LogP contribution in [0.4, 0.5) is 28.4 Å². The van der Waals surface area contributed by atoms with Gasteiger partial charge in [-0.2, -0.15) is 0 Å². The van der Waals surface area contributed by atoms with Crippen molar-refractivity contribution in [1.82, 2.24) is 15.6 Å². The number of benzene rings is 7. The second-order valence-corrected chi connectivity index (χ2v) is 20.5. The molecule has 7 aromatic carbocycles. The highest BCUT2D eigenvalue weighted by molar-refractivity contribution is 6.10. The smallest absolute Gasteiger partial charge is 0.251 e. The Kier molecular flexibility index (Phi) is 16.2. The van der Waals surface area contributed by atoms with Crippen LogP contribution in [-0.2, 0) is 4.74 Å². The molecule has 1 atom stereocenters. The minimum atomic E-state index is -0.115. The Hall–Kier alpha value is -8.77. The van der Waals surface area contributed by atoms with Crippen LogP contribution >= 0.6 is 0 Å². The van der Waals surface area contributed by atoms with Crippen LogP contribution in [-0.4, -0.2) is 54.9 Å². The molecule has 1 unspecified atom stereocenters. The SMILES string of the molecule is CC1=CC2=Nc3cc(C)c(N)cc3N(c3ccccc3)C2C=C1OCCCCCCNC(=O)c1ccc(-c2ccc(C(=O)NCCCCCCOc3cc4c(cc3C)nc3cc(C)c(N)cc3[n+]4-c3ccccc3)cc2)cc1. The van der Waals surface area contributed by atoms with E-state index in [4.69, 9.17) is 30.9 Å². The molecule has 0 saturated carbocycles. The van der Waals surface area contributed by atoms with Crippen molar-refractivity contribution in [1.29, 1.82) is 0 Å². The number of nitrogens with two attached hydrogens (primary N) is 2. The van der Waals surface area contributed by atoms with E-state index in [0.29, 0.717) is 37.4 Å². The van der Waals surface area contributed by atoms with Crippen LogP contribution in [0.15, 0.2) is 174 Å². The molecule has 10 rings (SSSR count). The van der Waals surface area contributed by atoms with E-state index >= 15 is 0 Å². The van der Waals surface area contributed by atoms with Gasteiger partial charge in [-0.05, 0) is 160 Å². The topological polar surface area (TPSA) is 161 Å². The van der Waals surface area contributed by atoms with Crippen LogP contribution in [0.2, 0.25) is 0 Å². The highest BCUT2D eigenvalue weighted by atomic mass is 16.5. The van der Waals surface area contributed by atoms with Crippen LogP contribution in [0.5, 0.6) is 5.75 Å². The molecule has 2 amide bonds. The average molecular weight is 1040 g/mol. The number of nitrogens with zero attached hydrogens (tertiary/aromatic N) is 4. The molecular weight excluding hydrogens is 969 g/mol. The Morgan fingerprint density at radius 2 is 1.13 bits per heavy atom. The normalized spacial score (nSPS) is 13.8. The number of aliphatic imine (C=N–C) groups is 1. The van der Waals surface area contributed by atoms with Gasteiger partial charge in [0.15, 0.2) is 0 Å². The Bertz CT molecular complexity index is 3580. The summed E-state index contributed by atoms with van der Waals surface area (Å²) in [4.78, 5) is 38.4. The van der Waals surface area contributed by atoms with Crippen LogP contribution in [0.3, 0.4) is 0 Å². The zero-order valence-corrected chi connectivity index (χ0v) is 45.2. The number of rotatable bonds is 21. The third kappa shape index (κ3) is 11.9. The van der Waals surface area contributed by atoms with Crippen molar-refractivity contribution in [2.24, 2.45) is 4.99 Å². The van der Waals surface area contributed by atoms with Crippen LogP contribution in [0.1, 0.15) is 95.7 Å². The van der Waals surface area contributed by atoms with E-state index in [0.717, 1.165) is 158 Å². The predicted octanol–water partition coefficient (Wildman–Crippen LogP) is 13.2. The number of nitrogens with one attached hydrogen (secondary N) is 2. The molecule has 0 saturated heterocycles. The minimum absolute atomic E-state index is 0.0886. The summed E-state index contributed by atoms with van der Waals surface area (Å²) in [6, 6.07) is 48.0. The zero-order chi connectivity index (χ0) is 54.1. The molecule has 0 bridgehead atoms. The molecule has 2 aliphatic rings. The summed E-state index contributed by atoms with van der Waals surface area (Å²) in [5.74, 6) is 1.53. The van der Waals surface area contributed by atoms with E-state index in [9.17, 15) is 9.59 Å². The van der Waals surface area contributed by atoms with E-state index in [1.54, 1.807) is 0 Å². The number of fused-ring (bicyclic) bond motifs is 4. The van der Waals surface area contributed by atoms with Gasteiger partial charge in [-0.1, -0.05) is 86.3 Å². The lowest BCUT2D eigenvalue weighted by Crippen LogP contribution is -2.40. The molecular formula is C66H69N8O4+. The third-order valence-corrected chi connectivity index (χ3v) is 14.8. The van der Waals surface area contributed by atoms with Crippen molar-refractivity contribution in [2.75, 3.05) is 42.7 Å². The fraction of sp³-hybridized carbons (Fsp3) is 0.258. The number of carbonyl (C=O) groups is 2. The second kappa shape index (κ2) is 24.1. The number of anilines is 4. The Balaban J connectivity index is 0.613. The van der Waals surface area contributed by atoms with Gasteiger partial charge in [-0.15, -0.1) is 4.57 Å². The highest BCUT2D eigenvalue weighted by Crippen LogP contribution is 2.44. The lowest BCUT2D eigenvalue weighted by atomic mass is 9.94. The predicted molar refractivity (Wildman–Crippen MR) is 316 cm³/mol. The lowest BCUT2D eigenvalue weighted by Gasteiger charge is -2.38. The molecule has 8 aromatic rings. The van der Waals surface area contributed by atoms with Gasteiger partial charge in [0, 0.05) is 59.5 Å². The first-order valence-corrected chi connectivity index (χ1v) is 27.4. The first-order chi connectivity index (χ1) is 38.0. The van der Waals surface area contributed by atoms with Gasteiger partial charge in [0.1, 0.15) is 22.5 Å². The molecule has 2 heterocycles.